The van der Waals surface area contributed by atoms with Gasteiger partial charge in [0.1, 0.15) is 5.75 Å². The number of hydrogen-bond donors (Lipinski definition) is 1. The molecule has 1 aliphatic carbocycles. The normalized spacial score (nSPS) is 17.2. The van der Waals surface area contributed by atoms with Gasteiger partial charge in [0.05, 0.1) is 0 Å². The number of nitrogens with zero attached hydrogens (tertiary/aromatic N) is 1. The molecule has 0 saturated carbocycles. The SMILES string of the molecule is C[C@@H](Oc1ccc2c(c1)CCCC2)C(=O)Nc1ccc(N2CCCC2=O)cc1. The van der Waals surface area contributed by atoms with E-state index in [1.807, 2.05) is 30.3 Å². The molecular formula is C23H26N2O3. The molecule has 1 N–H and O–H groups in total. The predicted octanol–water partition coefficient (Wildman–Crippen LogP) is 4.10. The number of benzene rings is 2. The van der Waals surface area contributed by atoms with Gasteiger partial charge in [-0.2, -0.15) is 0 Å². The largest absolute Gasteiger partial charge is 0.481 e. The highest BCUT2D eigenvalue weighted by Gasteiger charge is 2.22. The summed E-state index contributed by atoms with van der Waals surface area (Å²) in [7, 11) is 0. The quantitative estimate of drug-likeness (QED) is 0.852. The van der Waals surface area contributed by atoms with Crippen molar-refractivity contribution in [3.05, 3.63) is 53.6 Å². The van der Waals surface area contributed by atoms with Crippen LogP contribution in [-0.4, -0.2) is 24.5 Å². The van der Waals surface area contributed by atoms with Crippen LogP contribution >= 0.6 is 0 Å². The van der Waals surface area contributed by atoms with Crippen molar-refractivity contribution in [2.45, 2.75) is 51.6 Å². The lowest BCUT2D eigenvalue weighted by atomic mass is 9.92. The lowest BCUT2D eigenvalue weighted by molar-refractivity contribution is -0.122. The van der Waals surface area contributed by atoms with Gasteiger partial charge in [-0.1, -0.05) is 6.07 Å². The number of hydrogen-bond acceptors (Lipinski definition) is 3. The van der Waals surface area contributed by atoms with Crippen LogP contribution in [0.4, 0.5) is 11.4 Å². The van der Waals surface area contributed by atoms with E-state index in [1.54, 1.807) is 11.8 Å². The third kappa shape index (κ3) is 4.03. The molecule has 0 bridgehead atoms. The number of carbonyl (C=O) groups excluding carboxylic acids is 2. The molecule has 1 aliphatic heterocycles. The molecule has 0 unspecified atom stereocenters. The first-order chi connectivity index (χ1) is 13.6. The van der Waals surface area contributed by atoms with Crippen molar-refractivity contribution in [2.75, 3.05) is 16.8 Å². The van der Waals surface area contributed by atoms with Crippen molar-refractivity contribution in [2.24, 2.45) is 0 Å². The Labute approximate surface area is 165 Å². The van der Waals surface area contributed by atoms with Crippen LogP contribution in [-0.2, 0) is 22.4 Å². The van der Waals surface area contributed by atoms with E-state index in [9.17, 15) is 9.59 Å². The highest BCUT2D eigenvalue weighted by Crippen LogP contribution is 2.26. The minimum atomic E-state index is -0.596. The number of carbonyl (C=O) groups is 2. The lowest BCUT2D eigenvalue weighted by Gasteiger charge is -2.19. The average molecular weight is 378 g/mol. The maximum atomic E-state index is 12.5. The fourth-order valence-corrected chi connectivity index (χ4v) is 3.93. The van der Waals surface area contributed by atoms with Crippen molar-refractivity contribution in [1.29, 1.82) is 0 Å². The minimum absolute atomic E-state index is 0.156. The predicted molar refractivity (Wildman–Crippen MR) is 110 cm³/mol. The van der Waals surface area contributed by atoms with Crippen molar-refractivity contribution in [1.82, 2.24) is 0 Å². The van der Waals surface area contributed by atoms with Gasteiger partial charge in [0.15, 0.2) is 6.10 Å². The van der Waals surface area contributed by atoms with Gasteiger partial charge in [-0.25, -0.2) is 0 Å². The van der Waals surface area contributed by atoms with Gasteiger partial charge in [0.2, 0.25) is 5.91 Å². The summed E-state index contributed by atoms with van der Waals surface area (Å²) < 4.78 is 5.87. The second-order valence-corrected chi connectivity index (χ2v) is 7.58. The lowest BCUT2D eigenvalue weighted by Crippen LogP contribution is -2.30. The second kappa shape index (κ2) is 8.05. The molecular weight excluding hydrogens is 352 g/mol. The standard InChI is InChI=1S/C23H26N2O3/c1-16(28-21-13-8-17-5-2-3-6-18(17)15-21)23(27)24-19-9-11-20(12-10-19)25-14-4-7-22(25)26/h8-13,15-16H,2-7,14H2,1H3,(H,24,27)/t16-/m1/s1. The van der Waals surface area contributed by atoms with Gasteiger partial charge >= 0.3 is 0 Å². The molecule has 1 fully saturated rings. The van der Waals surface area contributed by atoms with E-state index in [0.717, 1.165) is 37.2 Å². The Hall–Kier alpha value is -2.82. The van der Waals surface area contributed by atoms with Crippen LogP contribution in [0, 0.1) is 0 Å². The molecule has 4 rings (SSSR count). The van der Waals surface area contributed by atoms with E-state index in [2.05, 4.69) is 17.4 Å². The average Bonchev–Trinajstić information content (AvgIpc) is 3.14. The van der Waals surface area contributed by atoms with E-state index in [4.69, 9.17) is 4.74 Å². The van der Waals surface area contributed by atoms with Crippen LogP contribution in [0.25, 0.3) is 0 Å². The summed E-state index contributed by atoms with van der Waals surface area (Å²) in [6, 6.07) is 13.5. The van der Waals surface area contributed by atoms with Gasteiger partial charge < -0.3 is 15.0 Å². The molecule has 1 atom stereocenters. The van der Waals surface area contributed by atoms with E-state index < -0.39 is 6.10 Å². The number of anilines is 2. The van der Waals surface area contributed by atoms with E-state index in [1.165, 1.54) is 24.0 Å². The molecule has 0 spiro atoms. The van der Waals surface area contributed by atoms with Crippen LogP contribution < -0.4 is 15.0 Å². The molecule has 0 aromatic heterocycles. The van der Waals surface area contributed by atoms with E-state index in [0.29, 0.717) is 12.1 Å². The first-order valence-electron chi connectivity index (χ1n) is 10.1. The Kier molecular flexibility index (Phi) is 5.33. The summed E-state index contributed by atoms with van der Waals surface area (Å²) >= 11 is 0. The maximum Gasteiger partial charge on any atom is 0.265 e. The van der Waals surface area contributed by atoms with Gasteiger partial charge in [-0.3, -0.25) is 9.59 Å². The van der Waals surface area contributed by atoms with Crippen LogP contribution in [0.5, 0.6) is 5.75 Å². The van der Waals surface area contributed by atoms with Crippen LogP contribution in [0.3, 0.4) is 0 Å². The monoisotopic (exact) mass is 378 g/mol. The van der Waals surface area contributed by atoms with Gasteiger partial charge in [-0.05, 0) is 86.6 Å². The molecule has 5 nitrogen and oxygen atoms in total. The summed E-state index contributed by atoms with van der Waals surface area (Å²) in [6.07, 6.45) is 5.58. The molecule has 2 aromatic rings. The Balaban J connectivity index is 1.36. The second-order valence-electron chi connectivity index (χ2n) is 7.58. The van der Waals surface area contributed by atoms with Crippen LogP contribution in [0.1, 0.15) is 43.7 Å². The molecule has 0 radical (unpaired) electrons. The summed E-state index contributed by atoms with van der Waals surface area (Å²) in [5.74, 6) is 0.706. The van der Waals surface area contributed by atoms with E-state index in [-0.39, 0.29) is 11.8 Å². The number of ether oxygens (including phenoxy) is 1. The third-order valence-corrected chi connectivity index (χ3v) is 5.52. The molecule has 2 aliphatic rings. The Morgan fingerprint density at radius 2 is 1.75 bits per heavy atom. The Morgan fingerprint density at radius 1 is 1.00 bits per heavy atom. The molecule has 1 saturated heterocycles. The first-order valence-corrected chi connectivity index (χ1v) is 10.1. The van der Waals surface area contributed by atoms with Crippen molar-refractivity contribution >= 4 is 23.2 Å². The van der Waals surface area contributed by atoms with Crippen molar-refractivity contribution in [3.63, 3.8) is 0 Å². The number of aryl methyl sites for hydroxylation is 2. The number of fused-ring (bicyclic) bond motifs is 1. The Morgan fingerprint density at radius 3 is 2.46 bits per heavy atom. The van der Waals surface area contributed by atoms with Gasteiger partial charge in [0.25, 0.3) is 5.91 Å². The number of nitrogens with one attached hydrogen (secondary N) is 1. The maximum absolute atomic E-state index is 12.5. The number of amides is 2. The summed E-state index contributed by atoms with van der Waals surface area (Å²) in [5.41, 5.74) is 4.30. The number of rotatable bonds is 5. The van der Waals surface area contributed by atoms with Gasteiger partial charge in [-0.15, -0.1) is 0 Å². The summed E-state index contributed by atoms with van der Waals surface area (Å²) in [4.78, 5) is 26.1. The zero-order valence-corrected chi connectivity index (χ0v) is 16.2. The zero-order valence-electron chi connectivity index (χ0n) is 16.2. The summed E-state index contributed by atoms with van der Waals surface area (Å²) in [6.45, 7) is 2.52. The van der Waals surface area contributed by atoms with Gasteiger partial charge in [0, 0.05) is 24.3 Å². The topological polar surface area (TPSA) is 58.6 Å². The van der Waals surface area contributed by atoms with E-state index >= 15 is 0 Å². The van der Waals surface area contributed by atoms with Crippen molar-refractivity contribution in [3.8, 4) is 5.75 Å². The minimum Gasteiger partial charge on any atom is -0.481 e. The molecule has 5 heteroatoms. The third-order valence-electron chi connectivity index (χ3n) is 5.52. The Bertz CT molecular complexity index is 876. The smallest absolute Gasteiger partial charge is 0.265 e. The highest BCUT2D eigenvalue weighted by atomic mass is 16.5. The fraction of sp³-hybridized carbons (Fsp3) is 0.391. The summed E-state index contributed by atoms with van der Waals surface area (Å²) in [5, 5.41) is 2.89. The molecule has 2 amide bonds. The fourth-order valence-electron chi connectivity index (χ4n) is 3.93. The van der Waals surface area contributed by atoms with Crippen LogP contribution in [0.15, 0.2) is 42.5 Å². The highest BCUT2D eigenvalue weighted by molar-refractivity contribution is 5.96. The van der Waals surface area contributed by atoms with Crippen LogP contribution in [0.2, 0.25) is 0 Å². The molecule has 1 heterocycles. The zero-order chi connectivity index (χ0) is 19.5. The molecule has 28 heavy (non-hydrogen) atoms. The molecule has 146 valence electrons. The first kappa shape index (κ1) is 18.5. The molecule has 2 aromatic carbocycles. The van der Waals surface area contributed by atoms with Crippen molar-refractivity contribution < 1.29 is 14.3 Å².